The molecular weight excluding hydrogens is 358 g/mol. The van der Waals surface area contributed by atoms with Gasteiger partial charge in [0.1, 0.15) is 17.1 Å². The Balaban J connectivity index is 1.47. The van der Waals surface area contributed by atoms with E-state index in [1.807, 2.05) is 17.0 Å². The molecule has 1 N–H and O–H groups in total. The van der Waals surface area contributed by atoms with Gasteiger partial charge in [0, 0.05) is 37.6 Å². The van der Waals surface area contributed by atoms with Crippen LogP contribution in [0.25, 0.3) is 0 Å². The molecule has 28 heavy (non-hydrogen) atoms. The number of methoxy groups -OCH3 is 2. The minimum absolute atomic E-state index is 0.0355. The lowest BCUT2D eigenvalue weighted by molar-refractivity contribution is -0.115. The maximum atomic E-state index is 13.1. The summed E-state index contributed by atoms with van der Waals surface area (Å²) in [5, 5.41) is 2.86. The molecule has 2 aliphatic rings. The Morgan fingerprint density at radius 3 is 2.32 bits per heavy atom. The first kappa shape index (κ1) is 18.2. The number of benzene rings is 2. The Bertz CT molecular complexity index is 898. The number of nitrogens with zero attached hydrogens (tertiary/aromatic N) is 2. The van der Waals surface area contributed by atoms with Crippen molar-refractivity contribution in [3.8, 4) is 11.5 Å². The quantitative estimate of drug-likeness (QED) is 0.879. The van der Waals surface area contributed by atoms with E-state index in [1.165, 1.54) is 0 Å². The Kier molecular flexibility index (Phi) is 4.81. The number of hydrogen-bond acceptors (Lipinski definition) is 5. The lowest BCUT2D eigenvalue weighted by Crippen LogP contribution is -2.49. The molecule has 0 bridgehead atoms. The summed E-state index contributed by atoms with van der Waals surface area (Å²) in [4.78, 5) is 28.7. The van der Waals surface area contributed by atoms with Gasteiger partial charge >= 0.3 is 0 Å². The normalized spacial score (nSPS) is 15.9. The van der Waals surface area contributed by atoms with Gasteiger partial charge in [0.15, 0.2) is 0 Å². The number of carbonyl (C=O) groups is 2. The molecule has 0 radical (unpaired) electrons. The van der Waals surface area contributed by atoms with Crippen LogP contribution in [-0.2, 0) is 11.2 Å². The molecule has 7 nitrogen and oxygen atoms in total. The van der Waals surface area contributed by atoms with Crippen LogP contribution in [0.1, 0.15) is 15.9 Å². The van der Waals surface area contributed by atoms with Crippen LogP contribution in [0, 0.1) is 0 Å². The maximum absolute atomic E-state index is 13.1. The molecule has 0 atom stereocenters. The van der Waals surface area contributed by atoms with E-state index in [4.69, 9.17) is 9.47 Å². The summed E-state index contributed by atoms with van der Waals surface area (Å²) in [7, 11) is 3.11. The first-order valence-electron chi connectivity index (χ1n) is 9.28. The molecule has 2 aromatic rings. The minimum Gasteiger partial charge on any atom is -0.496 e. The predicted octanol–water partition coefficient (Wildman–Crippen LogP) is 2.16. The fourth-order valence-corrected chi connectivity index (χ4v) is 3.80. The van der Waals surface area contributed by atoms with Gasteiger partial charge in [-0.2, -0.15) is 0 Å². The molecule has 146 valence electrons. The van der Waals surface area contributed by atoms with Crippen LogP contribution in [0.3, 0.4) is 0 Å². The van der Waals surface area contributed by atoms with Gasteiger partial charge in [-0.1, -0.05) is 6.07 Å². The van der Waals surface area contributed by atoms with Crippen molar-refractivity contribution in [2.75, 3.05) is 50.6 Å². The van der Waals surface area contributed by atoms with Crippen LogP contribution in [0.15, 0.2) is 36.4 Å². The second-order valence-electron chi connectivity index (χ2n) is 6.88. The molecule has 2 heterocycles. The molecular formula is C21H23N3O4. The SMILES string of the molecule is COc1cccc(OC)c1C(=O)N1CCN(c2ccc3c(c2)CC(=O)N3)CC1. The van der Waals surface area contributed by atoms with Crippen molar-refractivity contribution in [3.63, 3.8) is 0 Å². The molecule has 0 aromatic heterocycles. The Hall–Kier alpha value is -3.22. The molecule has 0 unspecified atom stereocenters. The zero-order valence-electron chi connectivity index (χ0n) is 16.0. The van der Waals surface area contributed by atoms with Crippen LogP contribution in [0.4, 0.5) is 11.4 Å². The molecule has 2 aliphatic heterocycles. The van der Waals surface area contributed by atoms with Crippen molar-refractivity contribution in [1.29, 1.82) is 0 Å². The summed E-state index contributed by atoms with van der Waals surface area (Å²) in [5.41, 5.74) is 3.46. The van der Waals surface area contributed by atoms with Gasteiger partial charge in [-0.15, -0.1) is 0 Å². The highest BCUT2D eigenvalue weighted by molar-refractivity contribution is 6.00. The van der Waals surface area contributed by atoms with Crippen molar-refractivity contribution in [1.82, 2.24) is 4.90 Å². The van der Waals surface area contributed by atoms with E-state index >= 15 is 0 Å². The van der Waals surface area contributed by atoms with E-state index in [0.717, 1.165) is 30.0 Å². The molecule has 0 spiro atoms. The van der Waals surface area contributed by atoms with E-state index in [-0.39, 0.29) is 11.8 Å². The van der Waals surface area contributed by atoms with E-state index in [9.17, 15) is 9.59 Å². The number of nitrogens with one attached hydrogen (secondary N) is 1. The highest BCUT2D eigenvalue weighted by Gasteiger charge is 2.28. The summed E-state index contributed by atoms with van der Waals surface area (Å²) in [6, 6.07) is 11.4. The number of piperazine rings is 1. The second-order valence-corrected chi connectivity index (χ2v) is 6.88. The van der Waals surface area contributed by atoms with Crippen molar-refractivity contribution in [2.45, 2.75) is 6.42 Å². The second kappa shape index (κ2) is 7.42. The Labute approximate surface area is 163 Å². The lowest BCUT2D eigenvalue weighted by Gasteiger charge is -2.36. The summed E-state index contributed by atoms with van der Waals surface area (Å²) in [5.74, 6) is 0.983. The highest BCUT2D eigenvalue weighted by Crippen LogP contribution is 2.31. The standard InChI is InChI=1S/C21H23N3O4/c1-27-17-4-3-5-18(28-2)20(17)21(26)24-10-8-23(9-11-24)15-6-7-16-14(12-15)13-19(25)22-16/h3-7,12H,8-11,13H2,1-2H3,(H,22,25). The number of fused-ring (bicyclic) bond motifs is 1. The van der Waals surface area contributed by atoms with Crippen molar-refractivity contribution < 1.29 is 19.1 Å². The topological polar surface area (TPSA) is 71.1 Å². The molecule has 0 aliphatic carbocycles. The van der Waals surface area contributed by atoms with Crippen LogP contribution < -0.4 is 19.7 Å². The van der Waals surface area contributed by atoms with Gasteiger partial charge in [0.25, 0.3) is 5.91 Å². The molecule has 4 rings (SSSR count). The number of rotatable bonds is 4. The third-order valence-electron chi connectivity index (χ3n) is 5.29. The average Bonchev–Trinajstić information content (AvgIpc) is 3.11. The number of anilines is 2. The van der Waals surface area contributed by atoms with Gasteiger partial charge in [-0.3, -0.25) is 9.59 Å². The van der Waals surface area contributed by atoms with Crippen molar-refractivity contribution in [3.05, 3.63) is 47.5 Å². The van der Waals surface area contributed by atoms with Crippen LogP contribution >= 0.6 is 0 Å². The minimum atomic E-state index is -0.0855. The van der Waals surface area contributed by atoms with Crippen LogP contribution in [0.5, 0.6) is 11.5 Å². The number of hydrogen-bond donors (Lipinski definition) is 1. The number of carbonyl (C=O) groups excluding carboxylic acids is 2. The first-order chi connectivity index (χ1) is 13.6. The number of amides is 2. The number of ether oxygens (including phenoxy) is 2. The van der Waals surface area contributed by atoms with E-state index < -0.39 is 0 Å². The molecule has 1 saturated heterocycles. The summed E-state index contributed by atoms with van der Waals surface area (Å²) < 4.78 is 10.7. The van der Waals surface area contributed by atoms with Crippen molar-refractivity contribution in [2.24, 2.45) is 0 Å². The van der Waals surface area contributed by atoms with E-state index in [2.05, 4.69) is 16.3 Å². The largest absolute Gasteiger partial charge is 0.496 e. The Morgan fingerprint density at radius 1 is 1.00 bits per heavy atom. The predicted molar refractivity (Wildman–Crippen MR) is 106 cm³/mol. The summed E-state index contributed by atoms with van der Waals surface area (Å²) in [6.45, 7) is 2.66. The zero-order chi connectivity index (χ0) is 19.7. The van der Waals surface area contributed by atoms with Crippen LogP contribution in [-0.4, -0.2) is 57.1 Å². The third kappa shape index (κ3) is 3.24. The zero-order valence-corrected chi connectivity index (χ0v) is 16.0. The van der Waals surface area contributed by atoms with Crippen LogP contribution in [0.2, 0.25) is 0 Å². The monoisotopic (exact) mass is 381 g/mol. The fraction of sp³-hybridized carbons (Fsp3) is 0.333. The smallest absolute Gasteiger partial charge is 0.261 e. The average molecular weight is 381 g/mol. The molecule has 2 aromatic carbocycles. The van der Waals surface area contributed by atoms with Gasteiger partial charge in [-0.05, 0) is 35.9 Å². The lowest BCUT2D eigenvalue weighted by atomic mass is 10.1. The molecule has 2 amide bonds. The molecule has 0 saturated carbocycles. The molecule has 1 fully saturated rings. The van der Waals surface area contributed by atoms with E-state index in [1.54, 1.807) is 32.4 Å². The molecule has 7 heteroatoms. The first-order valence-corrected chi connectivity index (χ1v) is 9.28. The third-order valence-corrected chi connectivity index (χ3v) is 5.29. The Morgan fingerprint density at radius 2 is 1.68 bits per heavy atom. The van der Waals surface area contributed by atoms with Crippen molar-refractivity contribution >= 4 is 23.2 Å². The van der Waals surface area contributed by atoms with Gasteiger partial charge in [0.05, 0.1) is 20.6 Å². The fourth-order valence-electron chi connectivity index (χ4n) is 3.80. The van der Waals surface area contributed by atoms with Gasteiger partial charge in [-0.25, -0.2) is 0 Å². The highest BCUT2D eigenvalue weighted by atomic mass is 16.5. The van der Waals surface area contributed by atoms with Gasteiger partial charge < -0.3 is 24.6 Å². The van der Waals surface area contributed by atoms with Gasteiger partial charge in [0.2, 0.25) is 5.91 Å². The van der Waals surface area contributed by atoms with E-state index in [0.29, 0.717) is 36.6 Å². The summed E-state index contributed by atoms with van der Waals surface area (Å²) in [6.07, 6.45) is 0.426. The summed E-state index contributed by atoms with van der Waals surface area (Å²) >= 11 is 0. The maximum Gasteiger partial charge on any atom is 0.261 e.